The molecule has 1 aliphatic heterocycles. The molecule has 1 saturated carbocycles. The first kappa shape index (κ1) is 17.7. The smallest absolute Gasteiger partial charge is 0.244 e. The SMILES string of the molecule is CC(C)c1noc([C@@H]2CCCCN2Cc2cncn2C2CCCCC2)n1. The van der Waals surface area contributed by atoms with Gasteiger partial charge in [0.15, 0.2) is 5.82 Å². The van der Waals surface area contributed by atoms with E-state index in [1.807, 2.05) is 12.5 Å². The van der Waals surface area contributed by atoms with Gasteiger partial charge < -0.3 is 9.09 Å². The fourth-order valence-corrected chi connectivity index (χ4v) is 4.43. The normalized spacial score (nSPS) is 23.0. The minimum absolute atomic E-state index is 0.235. The van der Waals surface area contributed by atoms with E-state index < -0.39 is 0 Å². The van der Waals surface area contributed by atoms with Crippen LogP contribution in [0, 0.1) is 0 Å². The van der Waals surface area contributed by atoms with Crippen molar-refractivity contribution >= 4 is 0 Å². The number of aromatic nitrogens is 4. The Balaban J connectivity index is 1.51. The summed E-state index contributed by atoms with van der Waals surface area (Å²) >= 11 is 0. The Hall–Kier alpha value is -1.69. The molecule has 2 aromatic heterocycles. The van der Waals surface area contributed by atoms with E-state index in [-0.39, 0.29) is 6.04 Å². The minimum atomic E-state index is 0.235. The van der Waals surface area contributed by atoms with Crippen LogP contribution < -0.4 is 0 Å². The number of likely N-dealkylation sites (tertiary alicyclic amines) is 1. The number of hydrogen-bond donors (Lipinski definition) is 0. The van der Waals surface area contributed by atoms with E-state index in [2.05, 4.69) is 38.4 Å². The van der Waals surface area contributed by atoms with Crippen LogP contribution in [0.5, 0.6) is 0 Å². The van der Waals surface area contributed by atoms with Crippen LogP contribution in [0.15, 0.2) is 17.0 Å². The highest BCUT2D eigenvalue weighted by atomic mass is 16.5. The van der Waals surface area contributed by atoms with Gasteiger partial charge in [-0.15, -0.1) is 0 Å². The van der Waals surface area contributed by atoms with Gasteiger partial charge in [-0.2, -0.15) is 4.98 Å². The zero-order chi connectivity index (χ0) is 17.9. The van der Waals surface area contributed by atoms with Crippen LogP contribution in [0.1, 0.15) is 101 Å². The molecule has 26 heavy (non-hydrogen) atoms. The summed E-state index contributed by atoms with van der Waals surface area (Å²) in [5.41, 5.74) is 1.33. The second kappa shape index (κ2) is 7.91. The number of nitrogens with zero attached hydrogens (tertiary/aromatic N) is 5. The molecule has 0 amide bonds. The lowest BCUT2D eigenvalue weighted by atomic mass is 9.95. The third-order valence-electron chi connectivity index (χ3n) is 5.95. The third kappa shape index (κ3) is 3.70. The Labute approximate surface area is 156 Å². The fourth-order valence-electron chi connectivity index (χ4n) is 4.43. The van der Waals surface area contributed by atoms with E-state index in [1.54, 1.807) is 0 Å². The van der Waals surface area contributed by atoms with Gasteiger partial charge in [-0.3, -0.25) is 4.90 Å². The maximum Gasteiger partial charge on any atom is 0.244 e. The second-order valence-electron chi connectivity index (χ2n) is 8.21. The van der Waals surface area contributed by atoms with Crippen molar-refractivity contribution in [2.45, 2.75) is 89.8 Å². The van der Waals surface area contributed by atoms with Gasteiger partial charge in [-0.05, 0) is 32.2 Å². The molecule has 3 heterocycles. The van der Waals surface area contributed by atoms with Crippen molar-refractivity contribution in [2.75, 3.05) is 6.54 Å². The van der Waals surface area contributed by atoms with Gasteiger partial charge in [0.05, 0.1) is 18.1 Å². The molecule has 2 fully saturated rings. The summed E-state index contributed by atoms with van der Waals surface area (Å²) < 4.78 is 8.06. The van der Waals surface area contributed by atoms with Crippen LogP contribution in [0.2, 0.25) is 0 Å². The van der Waals surface area contributed by atoms with E-state index in [9.17, 15) is 0 Å². The standard InChI is InChI=1S/C20H31N5O/c1-15(2)19-22-20(26-23-19)18-10-6-7-11-24(18)13-17-12-21-14-25(17)16-8-4-3-5-9-16/h12,14-16,18H,3-11,13H2,1-2H3/t18-/m0/s1. The quantitative estimate of drug-likeness (QED) is 0.781. The highest BCUT2D eigenvalue weighted by Crippen LogP contribution is 2.33. The maximum atomic E-state index is 5.64. The molecule has 2 aliphatic rings. The topological polar surface area (TPSA) is 60.0 Å². The van der Waals surface area contributed by atoms with Crippen LogP contribution in [0.4, 0.5) is 0 Å². The predicted octanol–water partition coefficient (Wildman–Crippen LogP) is 4.62. The molecular formula is C20H31N5O. The molecule has 0 unspecified atom stereocenters. The van der Waals surface area contributed by atoms with Gasteiger partial charge in [0.1, 0.15) is 0 Å². The van der Waals surface area contributed by atoms with Crippen molar-refractivity contribution in [3.05, 3.63) is 29.9 Å². The van der Waals surface area contributed by atoms with Gasteiger partial charge in [0, 0.05) is 24.7 Å². The largest absolute Gasteiger partial charge is 0.338 e. The van der Waals surface area contributed by atoms with Crippen LogP contribution in [0.3, 0.4) is 0 Å². The Kier molecular flexibility index (Phi) is 5.38. The van der Waals surface area contributed by atoms with Gasteiger partial charge in [0.25, 0.3) is 0 Å². The molecule has 1 aliphatic carbocycles. The maximum absolute atomic E-state index is 5.64. The summed E-state index contributed by atoms with van der Waals surface area (Å²) in [4.78, 5) is 11.7. The average molecular weight is 358 g/mol. The number of imidazole rings is 1. The Morgan fingerprint density at radius 1 is 1.12 bits per heavy atom. The highest BCUT2D eigenvalue weighted by Gasteiger charge is 2.30. The predicted molar refractivity (Wildman–Crippen MR) is 99.7 cm³/mol. The summed E-state index contributed by atoms with van der Waals surface area (Å²) in [5.74, 6) is 1.91. The van der Waals surface area contributed by atoms with Crippen molar-refractivity contribution in [1.29, 1.82) is 0 Å². The Morgan fingerprint density at radius 3 is 2.69 bits per heavy atom. The van der Waals surface area contributed by atoms with Gasteiger partial charge in [-0.25, -0.2) is 4.98 Å². The van der Waals surface area contributed by atoms with Crippen molar-refractivity contribution in [2.24, 2.45) is 0 Å². The van der Waals surface area contributed by atoms with Crippen molar-refractivity contribution in [1.82, 2.24) is 24.6 Å². The van der Waals surface area contributed by atoms with Crippen LogP contribution in [0.25, 0.3) is 0 Å². The van der Waals surface area contributed by atoms with Crippen LogP contribution >= 0.6 is 0 Å². The molecule has 2 aromatic rings. The molecule has 142 valence electrons. The average Bonchev–Trinajstić information content (AvgIpc) is 3.33. The lowest BCUT2D eigenvalue weighted by Crippen LogP contribution is -2.34. The third-order valence-corrected chi connectivity index (χ3v) is 5.95. The van der Waals surface area contributed by atoms with E-state index in [0.717, 1.165) is 31.2 Å². The molecule has 4 rings (SSSR count). The highest BCUT2D eigenvalue weighted by molar-refractivity contribution is 5.04. The van der Waals surface area contributed by atoms with E-state index in [4.69, 9.17) is 4.52 Å². The van der Waals surface area contributed by atoms with Crippen molar-refractivity contribution < 1.29 is 4.52 Å². The number of piperidine rings is 1. The molecule has 0 bridgehead atoms. The van der Waals surface area contributed by atoms with E-state index >= 15 is 0 Å². The monoisotopic (exact) mass is 357 g/mol. The zero-order valence-corrected chi connectivity index (χ0v) is 16.1. The molecule has 6 heteroatoms. The summed E-state index contributed by atoms with van der Waals surface area (Å²) in [6.07, 6.45) is 14.3. The van der Waals surface area contributed by atoms with Crippen molar-refractivity contribution in [3.63, 3.8) is 0 Å². The lowest BCUT2D eigenvalue weighted by Gasteiger charge is -2.34. The van der Waals surface area contributed by atoms with E-state index in [0.29, 0.717) is 12.0 Å². The molecule has 1 saturated heterocycles. The molecule has 0 radical (unpaired) electrons. The summed E-state index contributed by atoms with van der Waals surface area (Å²) in [6.45, 7) is 6.21. The summed E-state index contributed by atoms with van der Waals surface area (Å²) in [6, 6.07) is 0.860. The number of hydrogen-bond acceptors (Lipinski definition) is 5. The summed E-state index contributed by atoms with van der Waals surface area (Å²) in [7, 11) is 0. The second-order valence-corrected chi connectivity index (χ2v) is 8.21. The fraction of sp³-hybridized carbons (Fsp3) is 0.750. The molecule has 0 N–H and O–H groups in total. The first-order valence-electron chi connectivity index (χ1n) is 10.3. The molecule has 6 nitrogen and oxygen atoms in total. The first-order valence-corrected chi connectivity index (χ1v) is 10.3. The Bertz CT molecular complexity index is 701. The van der Waals surface area contributed by atoms with Crippen LogP contribution in [-0.4, -0.2) is 31.1 Å². The zero-order valence-electron chi connectivity index (χ0n) is 16.1. The summed E-state index contributed by atoms with van der Waals surface area (Å²) in [5, 5.41) is 4.18. The first-order chi connectivity index (χ1) is 12.7. The Morgan fingerprint density at radius 2 is 1.92 bits per heavy atom. The van der Waals surface area contributed by atoms with Crippen molar-refractivity contribution in [3.8, 4) is 0 Å². The molecule has 1 atom stereocenters. The molecular weight excluding hydrogens is 326 g/mol. The minimum Gasteiger partial charge on any atom is -0.338 e. The van der Waals surface area contributed by atoms with E-state index in [1.165, 1.54) is 50.6 Å². The van der Waals surface area contributed by atoms with Gasteiger partial charge in [-0.1, -0.05) is 44.7 Å². The van der Waals surface area contributed by atoms with Gasteiger partial charge in [0.2, 0.25) is 5.89 Å². The lowest BCUT2D eigenvalue weighted by molar-refractivity contribution is 0.107. The van der Waals surface area contributed by atoms with Gasteiger partial charge >= 0.3 is 0 Å². The van der Waals surface area contributed by atoms with Crippen LogP contribution in [-0.2, 0) is 6.54 Å². The molecule has 0 aromatic carbocycles. The molecule has 0 spiro atoms. The number of rotatable bonds is 5.